The first kappa shape index (κ1) is 11.2. The number of aryl methyl sites for hydroxylation is 1. The molecular weight excluding hydrogens is 228 g/mol. The molecule has 1 aromatic heterocycles. The first-order valence-electron chi connectivity index (χ1n) is 6.08. The second-order valence-electron chi connectivity index (χ2n) is 4.33. The van der Waals surface area contributed by atoms with Crippen molar-refractivity contribution in [3.05, 3.63) is 47.4 Å². The van der Waals surface area contributed by atoms with Crippen molar-refractivity contribution in [2.75, 3.05) is 0 Å². The molecule has 4 nitrogen and oxygen atoms in total. The SMILES string of the molecule is OCc1ccccc1Oc1ncnc2c1CCC2. The highest BCUT2D eigenvalue weighted by molar-refractivity contribution is 5.40. The van der Waals surface area contributed by atoms with Crippen molar-refractivity contribution in [1.29, 1.82) is 0 Å². The minimum absolute atomic E-state index is 0.0382. The van der Waals surface area contributed by atoms with Gasteiger partial charge in [0.2, 0.25) is 5.88 Å². The molecule has 1 aliphatic carbocycles. The zero-order chi connectivity index (χ0) is 12.4. The Hall–Kier alpha value is -1.94. The lowest BCUT2D eigenvalue weighted by atomic mass is 10.2. The number of hydrogen-bond donors (Lipinski definition) is 1. The van der Waals surface area contributed by atoms with Crippen LogP contribution in [-0.4, -0.2) is 15.1 Å². The van der Waals surface area contributed by atoms with E-state index in [1.165, 1.54) is 0 Å². The van der Waals surface area contributed by atoms with E-state index < -0.39 is 0 Å². The number of ether oxygens (including phenoxy) is 1. The molecule has 92 valence electrons. The van der Waals surface area contributed by atoms with E-state index in [1.54, 1.807) is 6.33 Å². The zero-order valence-corrected chi connectivity index (χ0v) is 9.97. The smallest absolute Gasteiger partial charge is 0.225 e. The molecule has 0 amide bonds. The van der Waals surface area contributed by atoms with Gasteiger partial charge in [0.15, 0.2) is 0 Å². The molecule has 1 heterocycles. The first-order valence-corrected chi connectivity index (χ1v) is 6.08. The average Bonchev–Trinajstić information content (AvgIpc) is 2.89. The number of para-hydroxylation sites is 1. The van der Waals surface area contributed by atoms with E-state index in [2.05, 4.69) is 9.97 Å². The Morgan fingerprint density at radius 1 is 1.17 bits per heavy atom. The normalized spacial score (nSPS) is 13.4. The predicted molar refractivity (Wildman–Crippen MR) is 66.5 cm³/mol. The maximum absolute atomic E-state index is 9.28. The Morgan fingerprint density at radius 3 is 2.94 bits per heavy atom. The van der Waals surface area contributed by atoms with Crippen molar-refractivity contribution in [2.24, 2.45) is 0 Å². The lowest BCUT2D eigenvalue weighted by Crippen LogP contribution is -1.98. The average molecular weight is 242 g/mol. The van der Waals surface area contributed by atoms with Gasteiger partial charge in [0.25, 0.3) is 0 Å². The molecule has 0 saturated heterocycles. The molecule has 0 fully saturated rings. The van der Waals surface area contributed by atoms with Gasteiger partial charge in [0, 0.05) is 11.1 Å². The third kappa shape index (κ3) is 1.95. The van der Waals surface area contributed by atoms with Gasteiger partial charge in [-0.05, 0) is 25.3 Å². The molecule has 0 unspecified atom stereocenters. The van der Waals surface area contributed by atoms with E-state index in [1.807, 2.05) is 24.3 Å². The summed E-state index contributed by atoms with van der Waals surface area (Å²) in [5.41, 5.74) is 2.95. The van der Waals surface area contributed by atoms with Crippen LogP contribution in [-0.2, 0) is 19.4 Å². The third-order valence-electron chi connectivity index (χ3n) is 3.19. The summed E-state index contributed by atoms with van der Waals surface area (Å²) in [6.45, 7) is -0.0382. The summed E-state index contributed by atoms with van der Waals surface area (Å²) in [4.78, 5) is 8.47. The van der Waals surface area contributed by atoms with Crippen molar-refractivity contribution in [3.8, 4) is 11.6 Å². The first-order chi connectivity index (χ1) is 8.88. The van der Waals surface area contributed by atoms with Gasteiger partial charge in [-0.25, -0.2) is 9.97 Å². The fraction of sp³-hybridized carbons (Fsp3) is 0.286. The Morgan fingerprint density at radius 2 is 2.06 bits per heavy atom. The van der Waals surface area contributed by atoms with Crippen LogP contribution < -0.4 is 4.74 Å². The topological polar surface area (TPSA) is 55.2 Å². The molecule has 4 heteroatoms. The summed E-state index contributed by atoms with van der Waals surface area (Å²) < 4.78 is 5.83. The molecule has 1 aromatic carbocycles. The van der Waals surface area contributed by atoms with Crippen molar-refractivity contribution in [2.45, 2.75) is 25.9 Å². The summed E-state index contributed by atoms with van der Waals surface area (Å²) in [6, 6.07) is 7.45. The molecular formula is C14H14N2O2. The van der Waals surface area contributed by atoms with Gasteiger partial charge in [-0.2, -0.15) is 0 Å². The van der Waals surface area contributed by atoms with Gasteiger partial charge in [0.05, 0.1) is 12.3 Å². The van der Waals surface area contributed by atoms with Gasteiger partial charge in [-0.3, -0.25) is 0 Å². The second kappa shape index (κ2) is 4.74. The molecule has 0 spiro atoms. The van der Waals surface area contributed by atoms with Crippen molar-refractivity contribution in [1.82, 2.24) is 9.97 Å². The van der Waals surface area contributed by atoms with E-state index in [9.17, 15) is 5.11 Å². The molecule has 3 rings (SSSR count). The molecule has 1 aliphatic rings. The predicted octanol–water partition coefficient (Wildman–Crippen LogP) is 2.25. The molecule has 0 aliphatic heterocycles. The van der Waals surface area contributed by atoms with Crippen LogP contribution in [0.3, 0.4) is 0 Å². The van der Waals surface area contributed by atoms with Crippen LogP contribution in [0.2, 0.25) is 0 Å². The fourth-order valence-electron chi connectivity index (χ4n) is 2.26. The summed E-state index contributed by atoms with van der Waals surface area (Å²) in [7, 11) is 0. The molecule has 1 N–H and O–H groups in total. The van der Waals surface area contributed by atoms with Gasteiger partial charge in [-0.15, -0.1) is 0 Å². The van der Waals surface area contributed by atoms with Crippen LogP contribution in [0.15, 0.2) is 30.6 Å². The van der Waals surface area contributed by atoms with Crippen LogP contribution in [0.5, 0.6) is 11.6 Å². The van der Waals surface area contributed by atoms with Gasteiger partial charge < -0.3 is 9.84 Å². The minimum atomic E-state index is -0.0382. The number of fused-ring (bicyclic) bond motifs is 1. The quantitative estimate of drug-likeness (QED) is 0.896. The van der Waals surface area contributed by atoms with Crippen LogP contribution in [0.1, 0.15) is 23.2 Å². The number of hydrogen-bond acceptors (Lipinski definition) is 4. The number of benzene rings is 1. The van der Waals surface area contributed by atoms with Gasteiger partial charge in [-0.1, -0.05) is 18.2 Å². The highest BCUT2D eigenvalue weighted by atomic mass is 16.5. The fourth-order valence-corrected chi connectivity index (χ4v) is 2.26. The third-order valence-corrected chi connectivity index (χ3v) is 3.19. The molecule has 0 saturated carbocycles. The van der Waals surface area contributed by atoms with Crippen LogP contribution in [0.25, 0.3) is 0 Å². The lowest BCUT2D eigenvalue weighted by Gasteiger charge is -2.11. The number of aliphatic hydroxyl groups excluding tert-OH is 1. The molecule has 0 atom stereocenters. The summed E-state index contributed by atoms with van der Waals surface area (Å²) in [5.74, 6) is 1.28. The van der Waals surface area contributed by atoms with Crippen molar-refractivity contribution >= 4 is 0 Å². The van der Waals surface area contributed by atoms with Gasteiger partial charge >= 0.3 is 0 Å². The van der Waals surface area contributed by atoms with Crippen molar-refractivity contribution < 1.29 is 9.84 Å². The number of nitrogens with zero attached hydrogens (tertiary/aromatic N) is 2. The van der Waals surface area contributed by atoms with Crippen molar-refractivity contribution in [3.63, 3.8) is 0 Å². The van der Waals surface area contributed by atoms with E-state index in [0.29, 0.717) is 11.6 Å². The summed E-state index contributed by atoms with van der Waals surface area (Å²) in [6.07, 6.45) is 4.61. The second-order valence-corrected chi connectivity index (χ2v) is 4.33. The van der Waals surface area contributed by atoms with Gasteiger partial charge in [0.1, 0.15) is 12.1 Å². The zero-order valence-electron chi connectivity index (χ0n) is 9.97. The molecule has 18 heavy (non-hydrogen) atoms. The van der Waals surface area contributed by atoms with Crippen LogP contribution in [0.4, 0.5) is 0 Å². The summed E-state index contributed by atoms with van der Waals surface area (Å²) in [5, 5.41) is 9.28. The monoisotopic (exact) mass is 242 g/mol. The Balaban J connectivity index is 1.95. The lowest BCUT2D eigenvalue weighted by molar-refractivity contribution is 0.276. The Labute approximate surface area is 105 Å². The number of aromatic nitrogens is 2. The highest BCUT2D eigenvalue weighted by Crippen LogP contribution is 2.31. The van der Waals surface area contributed by atoms with E-state index in [-0.39, 0.29) is 6.61 Å². The van der Waals surface area contributed by atoms with E-state index in [0.717, 1.165) is 36.1 Å². The van der Waals surface area contributed by atoms with Crippen LogP contribution in [0, 0.1) is 0 Å². The molecule has 0 bridgehead atoms. The van der Waals surface area contributed by atoms with E-state index in [4.69, 9.17) is 4.74 Å². The van der Waals surface area contributed by atoms with E-state index >= 15 is 0 Å². The maximum Gasteiger partial charge on any atom is 0.225 e. The molecule has 2 aromatic rings. The highest BCUT2D eigenvalue weighted by Gasteiger charge is 2.19. The number of rotatable bonds is 3. The standard InChI is InChI=1S/C14H14N2O2/c17-8-10-4-1-2-7-13(10)18-14-11-5-3-6-12(11)15-9-16-14/h1-2,4,7,9,17H,3,5-6,8H2. The Kier molecular flexibility index (Phi) is 2.94. The largest absolute Gasteiger partial charge is 0.438 e. The molecule has 0 radical (unpaired) electrons. The summed E-state index contributed by atoms with van der Waals surface area (Å²) >= 11 is 0. The number of aliphatic hydroxyl groups is 1. The maximum atomic E-state index is 9.28. The Bertz CT molecular complexity index is 569. The minimum Gasteiger partial charge on any atom is -0.438 e. The van der Waals surface area contributed by atoms with Crippen LogP contribution >= 0.6 is 0 Å².